The number of ether oxygens (including phenoxy) is 1. The van der Waals surface area contributed by atoms with Crippen molar-refractivity contribution in [1.29, 1.82) is 0 Å². The fourth-order valence-electron chi connectivity index (χ4n) is 1.99. The Balaban J connectivity index is 2.29. The summed E-state index contributed by atoms with van der Waals surface area (Å²) in [7, 11) is 0. The van der Waals surface area contributed by atoms with E-state index in [1.165, 1.54) is 6.07 Å². The molecule has 0 radical (unpaired) electrons. The summed E-state index contributed by atoms with van der Waals surface area (Å²) in [6.45, 7) is 0.468. The van der Waals surface area contributed by atoms with Crippen molar-refractivity contribution < 1.29 is 17.9 Å². The van der Waals surface area contributed by atoms with Gasteiger partial charge in [-0.1, -0.05) is 11.6 Å². The normalized spacial score (nSPS) is 16.3. The zero-order chi connectivity index (χ0) is 13.3. The van der Waals surface area contributed by atoms with Crippen LogP contribution in [0.5, 0.6) is 5.75 Å². The number of benzene rings is 1. The van der Waals surface area contributed by atoms with Gasteiger partial charge in [0.15, 0.2) is 0 Å². The van der Waals surface area contributed by atoms with Gasteiger partial charge in [-0.05, 0) is 23.3 Å². The predicted octanol–water partition coefficient (Wildman–Crippen LogP) is 2.21. The molecule has 3 N–H and O–H groups in total. The Kier molecular flexibility index (Phi) is 3.70. The number of rotatable bonds is 3. The van der Waals surface area contributed by atoms with Crippen LogP contribution in [0.25, 0.3) is 0 Å². The maximum atomic E-state index is 12.6. The van der Waals surface area contributed by atoms with E-state index in [0.717, 1.165) is 5.56 Å². The molecule has 1 aliphatic rings. The first-order valence-corrected chi connectivity index (χ1v) is 5.76. The number of nitrogens with two attached hydrogens (primary N) is 1. The number of alkyl halides is 3. The summed E-state index contributed by atoms with van der Waals surface area (Å²) in [5, 5.41) is 0.409. The van der Waals surface area contributed by atoms with Gasteiger partial charge in [-0.25, -0.2) is 5.43 Å². The first-order chi connectivity index (χ1) is 8.41. The van der Waals surface area contributed by atoms with Gasteiger partial charge in [0.1, 0.15) is 11.8 Å². The van der Waals surface area contributed by atoms with Crippen LogP contribution in [0.3, 0.4) is 0 Å². The molecule has 1 unspecified atom stereocenters. The van der Waals surface area contributed by atoms with E-state index in [1.807, 2.05) is 0 Å². The minimum Gasteiger partial charge on any atom is -0.493 e. The Morgan fingerprint density at radius 2 is 2.17 bits per heavy atom. The molecule has 0 aliphatic carbocycles. The van der Waals surface area contributed by atoms with Crippen molar-refractivity contribution in [3.63, 3.8) is 0 Å². The first kappa shape index (κ1) is 13.5. The molecule has 1 atom stereocenters. The average Bonchev–Trinajstić information content (AvgIpc) is 2.71. The Morgan fingerprint density at radius 3 is 2.78 bits per heavy atom. The predicted molar refractivity (Wildman–Crippen MR) is 61.5 cm³/mol. The van der Waals surface area contributed by atoms with Crippen molar-refractivity contribution in [2.75, 3.05) is 6.61 Å². The van der Waals surface area contributed by atoms with Crippen LogP contribution in [-0.4, -0.2) is 18.8 Å². The van der Waals surface area contributed by atoms with Crippen LogP contribution in [0.2, 0.25) is 5.02 Å². The van der Waals surface area contributed by atoms with Crippen molar-refractivity contribution in [2.24, 2.45) is 5.84 Å². The van der Waals surface area contributed by atoms with E-state index in [2.05, 4.69) is 0 Å². The highest BCUT2D eigenvalue weighted by Crippen LogP contribution is 2.35. The Hall–Kier alpha value is -0.980. The molecule has 1 aromatic rings. The second-order valence-electron chi connectivity index (χ2n) is 4.12. The standard InChI is InChI=1S/C11H12ClF3N2O/c12-8-3-6-1-2-18-10(6)7(4-8)5-9(17-16)11(13,14)15/h3-4,9,17H,1-2,5,16H2. The first-order valence-electron chi connectivity index (χ1n) is 5.38. The third-order valence-electron chi connectivity index (χ3n) is 2.85. The van der Waals surface area contributed by atoms with Crippen LogP contribution in [-0.2, 0) is 12.8 Å². The van der Waals surface area contributed by atoms with Crippen LogP contribution in [0.1, 0.15) is 11.1 Å². The van der Waals surface area contributed by atoms with Gasteiger partial charge in [-0.2, -0.15) is 13.2 Å². The molecule has 3 nitrogen and oxygen atoms in total. The number of hydrazine groups is 1. The fourth-order valence-corrected chi connectivity index (χ4v) is 2.25. The lowest BCUT2D eigenvalue weighted by atomic mass is 10.0. The molecule has 1 heterocycles. The van der Waals surface area contributed by atoms with E-state index in [-0.39, 0.29) is 6.42 Å². The third kappa shape index (κ3) is 2.71. The van der Waals surface area contributed by atoms with Gasteiger partial charge in [0.25, 0.3) is 0 Å². The number of fused-ring (bicyclic) bond motifs is 1. The summed E-state index contributed by atoms with van der Waals surface area (Å²) in [5.74, 6) is 5.45. The Morgan fingerprint density at radius 1 is 1.44 bits per heavy atom. The van der Waals surface area contributed by atoms with Crippen LogP contribution in [0.15, 0.2) is 12.1 Å². The van der Waals surface area contributed by atoms with Gasteiger partial charge >= 0.3 is 6.18 Å². The number of nitrogens with one attached hydrogen (secondary N) is 1. The number of halogens is 4. The topological polar surface area (TPSA) is 47.3 Å². The summed E-state index contributed by atoms with van der Waals surface area (Å²) in [6, 6.07) is 1.39. The maximum Gasteiger partial charge on any atom is 0.405 e. The number of hydrogen-bond acceptors (Lipinski definition) is 3. The lowest BCUT2D eigenvalue weighted by Crippen LogP contribution is -2.47. The van der Waals surface area contributed by atoms with Crippen molar-refractivity contribution in [3.05, 3.63) is 28.3 Å². The van der Waals surface area contributed by atoms with E-state index in [1.54, 1.807) is 11.5 Å². The van der Waals surface area contributed by atoms with Gasteiger partial charge in [0.2, 0.25) is 0 Å². The van der Waals surface area contributed by atoms with E-state index in [4.69, 9.17) is 22.2 Å². The molecule has 0 spiro atoms. The quantitative estimate of drug-likeness (QED) is 0.659. The molecule has 1 aromatic carbocycles. The second-order valence-corrected chi connectivity index (χ2v) is 4.55. The van der Waals surface area contributed by atoms with Gasteiger partial charge in [-0.15, -0.1) is 0 Å². The highest BCUT2D eigenvalue weighted by molar-refractivity contribution is 6.30. The minimum absolute atomic E-state index is 0.303. The summed E-state index contributed by atoms with van der Waals surface area (Å²) >= 11 is 5.88. The highest BCUT2D eigenvalue weighted by Gasteiger charge is 2.39. The monoisotopic (exact) mass is 280 g/mol. The Bertz CT molecular complexity index is 451. The van der Waals surface area contributed by atoms with Gasteiger partial charge in [-0.3, -0.25) is 5.84 Å². The second kappa shape index (κ2) is 4.95. The highest BCUT2D eigenvalue weighted by atomic mass is 35.5. The molecule has 100 valence electrons. The SMILES string of the molecule is NNC(Cc1cc(Cl)cc2c1OCC2)C(F)(F)F. The third-order valence-corrected chi connectivity index (χ3v) is 3.06. The van der Waals surface area contributed by atoms with Crippen LogP contribution >= 0.6 is 11.6 Å². The van der Waals surface area contributed by atoms with Crippen molar-refractivity contribution in [1.82, 2.24) is 5.43 Å². The zero-order valence-electron chi connectivity index (χ0n) is 9.35. The van der Waals surface area contributed by atoms with Crippen LogP contribution < -0.4 is 16.0 Å². The van der Waals surface area contributed by atoms with E-state index < -0.39 is 12.2 Å². The molecular formula is C11H12ClF3N2O. The largest absolute Gasteiger partial charge is 0.493 e. The van der Waals surface area contributed by atoms with Gasteiger partial charge in [0, 0.05) is 17.9 Å². The Labute approximate surface area is 107 Å². The van der Waals surface area contributed by atoms with Gasteiger partial charge in [0.05, 0.1) is 6.61 Å². The molecule has 0 saturated heterocycles. The summed E-state index contributed by atoms with van der Waals surface area (Å²) in [5.41, 5.74) is 3.05. The molecule has 7 heteroatoms. The number of hydrogen-bond donors (Lipinski definition) is 2. The minimum atomic E-state index is -4.41. The molecule has 1 aliphatic heterocycles. The summed E-state index contributed by atoms with van der Waals surface area (Å²) in [6.07, 6.45) is -4.05. The molecular weight excluding hydrogens is 269 g/mol. The summed E-state index contributed by atoms with van der Waals surface area (Å²) in [4.78, 5) is 0. The van der Waals surface area contributed by atoms with E-state index in [0.29, 0.717) is 29.4 Å². The molecule has 18 heavy (non-hydrogen) atoms. The average molecular weight is 281 g/mol. The zero-order valence-corrected chi connectivity index (χ0v) is 10.1. The maximum absolute atomic E-state index is 12.6. The van der Waals surface area contributed by atoms with Crippen molar-refractivity contribution in [3.8, 4) is 5.75 Å². The molecule has 2 rings (SSSR count). The van der Waals surface area contributed by atoms with Crippen LogP contribution in [0, 0.1) is 0 Å². The molecule has 0 amide bonds. The van der Waals surface area contributed by atoms with Crippen molar-refractivity contribution >= 4 is 11.6 Å². The lowest BCUT2D eigenvalue weighted by molar-refractivity contribution is -0.155. The summed E-state index contributed by atoms with van der Waals surface area (Å²) < 4.78 is 43.3. The van der Waals surface area contributed by atoms with Gasteiger partial charge < -0.3 is 4.74 Å². The molecule has 0 aromatic heterocycles. The van der Waals surface area contributed by atoms with E-state index >= 15 is 0 Å². The van der Waals surface area contributed by atoms with E-state index in [9.17, 15) is 13.2 Å². The fraction of sp³-hybridized carbons (Fsp3) is 0.455. The molecule has 0 saturated carbocycles. The lowest BCUT2D eigenvalue weighted by Gasteiger charge is -2.20. The molecule has 0 bridgehead atoms. The molecule has 0 fully saturated rings. The van der Waals surface area contributed by atoms with Crippen molar-refractivity contribution in [2.45, 2.75) is 25.1 Å². The smallest absolute Gasteiger partial charge is 0.405 e. The van der Waals surface area contributed by atoms with Crippen LogP contribution in [0.4, 0.5) is 13.2 Å².